The van der Waals surface area contributed by atoms with E-state index in [1.54, 1.807) is 31.2 Å². The molecular formula is C13H12Cl4N2O2. The monoisotopic (exact) mass is 368 g/mol. The number of amides is 2. The Morgan fingerprint density at radius 2 is 1.57 bits per heavy atom. The summed E-state index contributed by atoms with van der Waals surface area (Å²) in [6.45, 7) is 2.06. The van der Waals surface area contributed by atoms with Gasteiger partial charge in [-0.1, -0.05) is 58.5 Å². The van der Waals surface area contributed by atoms with Crippen molar-refractivity contribution in [1.82, 2.24) is 0 Å². The molecule has 0 saturated heterocycles. The SMILES string of the molecule is CC1CN(C(=O)C(Cl)Cl)c2ccccc2N1C(=O)C(Cl)Cl. The van der Waals surface area contributed by atoms with E-state index in [9.17, 15) is 9.59 Å². The van der Waals surface area contributed by atoms with Crippen LogP contribution in [0, 0.1) is 0 Å². The van der Waals surface area contributed by atoms with Crippen molar-refractivity contribution in [2.24, 2.45) is 0 Å². The maximum absolute atomic E-state index is 12.2. The zero-order valence-electron chi connectivity index (χ0n) is 11.0. The standard InChI is InChI=1S/C13H12Cl4N2O2/c1-7-6-18(12(20)10(14)15)8-4-2-3-5-9(8)19(7)13(21)11(16)17/h2-5,7,10-11H,6H2,1H3. The first-order valence-corrected chi connectivity index (χ1v) is 7.89. The van der Waals surface area contributed by atoms with Crippen molar-refractivity contribution in [3.63, 3.8) is 0 Å². The van der Waals surface area contributed by atoms with E-state index < -0.39 is 21.5 Å². The third kappa shape index (κ3) is 3.24. The lowest BCUT2D eigenvalue weighted by Gasteiger charge is -2.41. The Morgan fingerprint density at radius 3 is 2.10 bits per heavy atom. The number of hydrogen-bond donors (Lipinski definition) is 0. The molecule has 1 atom stereocenters. The van der Waals surface area contributed by atoms with Gasteiger partial charge in [0.15, 0.2) is 9.67 Å². The molecule has 1 aliphatic heterocycles. The first kappa shape index (κ1) is 16.7. The topological polar surface area (TPSA) is 40.6 Å². The van der Waals surface area contributed by atoms with E-state index in [1.807, 2.05) is 0 Å². The quantitative estimate of drug-likeness (QED) is 0.750. The Hall–Kier alpha value is -0.680. The molecule has 1 heterocycles. The van der Waals surface area contributed by atoms with Crippen LogP contribution in [0.5, 0.6) is 0 Å². The maximum atomic E-state index is 12.2. The Labute approximate surface area is 142 Å². The molecule has 0 aromatic heterocycles. The molecule has 0 aliphatic carbocycles. The molecule has 2 rings (SSSR count). The van der Waals surface area contributed by atoms with Crippen LogP contribution in [0.25, 0.3) is 0 Å². The number of benzene rings is 1. The second kappa shape index (κ2) is 6.61. The van der Waals surface area contributed by atoms with E-state index in [0.717, 1.165) is 0 Å². The van der Waals surface area contributed by atoms with Crippen LogP contribution < -0.4 is 9.80 Å². The van der Waals surface area contributed by atoms with Crippen molar-refractivity contribution < 1.29 is 9.59 Å². The van der Waals surface area contributed by atoms with Crippen LogP contribution in [0.4, 0.5) is 11.4 Å². The Bertz CT molecular complexity index is 565. The fourth-order valence-electron chi connectivity index (χ4n) is 2.35. The van der Waals surface area contributed by atoms with Crippen LogP contribution in [0.15, 0.2) is 24.3 Å². The van der Waals surface area contributed by atoms with Crippen LogP contribution in [-0.2, 0) is 9.59 Å². The molecule has 1 aliphatic rings. The van der Waals surface area contributed by atoms with Gasteiger partial charge in [-0.15, -0.1) is 0 Å². The summed E-state index contributed by atoms with van der Waals surface area (Å²) in [7, 11) is 0. The fraction of sp³-hybridized carbons (Fsp3) is 0.385. The van der Waals surface area contributed by atoms with Gasteiger partial charge in [0.1, 0.15) is 0 Å². The van der Waals surface area contributed by atoms with E-state index in [1.165, 1.54) is 9.80 Å². The van der Waals surface area contributed by atoms with Crippen LogP contribution in [0.1, 0.15) is 6.92 Å². The van der Waals surface area contributed by atoms with Crippen molar-refractivity contribution in [3.05, 3.63) is 24.3 Å². The third-order valence-corrected chi connectivity index (χ3v) is 3.94. The largest absolute Gasteiger partial charge is 0.306 e. The number of nitrogens with zero attached hydrogens (tertiary/aromatic N) is 2. The number of halogens is 4. The molecule has 1 aromatic rings. The van der Waals surface area contributed by atoms with E-state index in [-0.39, 0.29) is 12.6 Å². The van der Waals surface area contributed by atoms with Gasteiger partial charge in [0.2, 0.25) is 0 Å². The summed E-state index contributed by atoms with van der Waals surface area (Å²) in [6.07, 6.45) is 0. The molecule has 4 nitrogen and oxygen atoms in total. The second-order valence-electron chi connectivity index (χ2n) is 4.60. The first-order valence-electron chi connectivity index (χ1n) is 6.14. The van der Waals surface area contributed by atoms with Gasteiger partial charge >= 0.3 is 0 Å². The van der Waals surface area contributed by atoms with Crippen molar-refractivity contribution in [3.8, 4) is 0 Å². The van der Waals surface area contributed by atoms with Crippen molar-refractivity contribution in [2.75, 3.05) is 16.3 Å². The van der Waals surface area contributed by atoms with Gasteiger partial charge in [0, 0.05) is 6.54 Å². The van der Waals surface area contributed by atoms with Gasteiger partial charge in [0.05, 0.1) is 17.4 Å². The zero-order valence-corrected chi connectivity index (χ0v) is 14.0. The van der Waals surface area contributed by atoms with E-state index in [4.69, 9.17) is 46.4 Å². The Balaban J connectivity index is 2.48. The molecule has 0 bridgehead atoms. The van der Waals surface area contributed by atoms with Crippen LogP contribution >= 0.6 is 46.4 Å². The van der Waals surface area contributed by atoms with E-state index >= 15 is 0 Å². The summed E-state index contributed by atoms with van der Waals surface area (Å²) in [6, 6.07) is 6.65. The number of carbonyl (C=O) groups excluding carboxylic acids is 2. The lowest BCUT2D eigenvalue weighted by molar-refractivity contribution is -0.119. The summed E-state index contributed by atoms with van der Waals surface area (Å²) in [5.41, 5.74) is 1.10. The Kier molecular flexibility index (Phi) is 5.25. The summed E-state index contributed by atoms with van der Waals surface area (Å²) in [4.78, 5) is 24.9. The van der Waals surface area contributed by atoms with Crippen LogP contribution in [0.3, 0.4) is 0 Å². The number of fused-ring (bicyclic) bond motifs is 1. The highest BCUT2D eigenvalue weighted by atomic mass is 35.5. The fourth-order valence-corrected chi connectivity index (χ4v) is 2.79. The molecule has 2 amide bonds. The lowest BCUT2D eigenvalue weighted by atomic mass is 10.1. The number of anilines is 2. The summed E-state index contributed by atoms with van der Waals surface area (Å²) in [5.74, 6) is -0.864. The summed E-state index contributed by atoms with van der Waals surface area (Å²) < 4.78 is 0. The minimum absolute atomic E-state index is 0.262. The van der Waals surface area contributed by atoms with E-state index in [0.29, 0.717) is 11.4 Å². The number of hydrogen-bond acceptors (Lipinski definition) is 2. The van der Waals surface area contributed by atoms with Crippen molar-refractivity contribution in [2.45, 2.75) is 22.6 Å². The highest BCUT2D eigenvalue weighted by Gasteiger charge is 2.37. The normalized spacial score (nSPS) is 18.1. The number of rotatable bonds is 2. The molecular weight excluding hydrogens is 358 g/mol. The smallest absolute Gasteiger partial charge is 0.260 e. The molecule has 0 saturated carbocycles. The highest BCUT2D eigenvalue weighted by molar-refractivity contribution is 6.55. The van der Waals surface area contributed by atoms with Gasteiger partial charge in [0.25, 0.3) is 11.8 Å². The third-order valence-electron chi connectivity index (χ3n) is 3.20. The average molecular weight is 370 g/mol. The predicted molar refractivity (Wildman–Crippen MR) is 86.7 cm³/mol. The van der Waals surface area contributed by atoms with E-state index in [2.05, 4.69) is 0 Å². The summed E-state index contributed by atoms with van der Waals surface area (Å²) >= 11 is 22.7. The minimum Gasteiger partial charge on any atom is -0.306 e. The molecule has 0 fully saturated rings. The van der Waals surface area contributed by atoms with Gasteiger partial charge < -0.3 is 9.80 Å². The van der Waals surface area contributed by atoms with Crippen molar-refractivity contribution in [1.29, 1.82) is 0 Å². The maximum Gasteiger partial charge on any atom is 0.260 e. The highest BCUT2D eigenvalue weighted by Crippen LogP contribution is 2.37. The van der Waals surface area contributed by atoms with Gasteiger partial charge in [-0.25, -0.2) is 0 Å². The molecule has 114 valence electrons. The number of para-hydroxylation sites is 2. The molecule has 21 heavy (non-hydrogen) atoms. The van der Waals surface area contributed by atoms with Crippen molar-refractivity contribution >= 4 is 69.6 Å². The second-order valence-corrected chi connectivity index (χ2v) is 6.79. The first-order chi connectivity index (χ1) is 9.84. The molecule has 0 spiro atoms. The van der Waals surface area contributed by atoms with Crippen LogP contribution in [-0.4, -0.2) is 34.1 Å². The predicted octanol–water partition coefficient (Wildman–Crippen LogP) is 3.36. The molecule has 1 aromatic carbocycles. The summed E-state index contributed by atoms with van der Waals surface area (Å²) in [5, 5.41) is 0. The van der Waals surface area contributed by atoms with Gasteiger partial charge in [-0.05, 0) is 19.1 Å². The molecule has 1 unspecified atom stereocenters. The van der Waals surface area contributed by atoms with Gasteiger partial charge in [-0.3, -0.25) is 9.59 Å². The zero-order chi connectivity index (χ0) is 15.7. The molecule has 0 N–H and O–H groups in total. The number of alkyl halides is 4. The lowest BCUT2D eigenvalue weighted by Crippen LogP contribution is -2.54. The Morgan fingerprint density at radius 1 is 1.05 bits per heavy atom. The van der Waals surface area contributed by atoms with Crippen LogP contribution in [0.2, 0.25) is 0 Å². The number of carbonyl (C=O) groups is 2. The average Bonchev–Trinajstić information content (AvgIpc) is 2.44. The molecule has 0 radical (unpaired) electrons. The minimum atomic E-state index is -1.17. The van der Waals surface area contributed by atoms with Gasteiger partial charge in [-0.2, -0.15) is 0 Å². The molecule has 8 heteroatoms.